The number of nitrogens with zero attached hydrogens (tertiary/aromatic N) is 1. The first-order valence-electron chi connectivity index (χ1n) is 12.2. The summed E-state index contributed by atoms with van der Waals surface area (Å²) < 4.78 is 17.8. The van der Waals surface area contributed by atoms with Crippen LogP contribution in [0.4, 0.5) is 0 Å². The zero-order chi connectivity index (χ0) is 25.3. The summed E-state index contributed by atoms with van der Waals surface area (Å²) in [6.45, 7) is 3.10. The Kier molecular flexibility index (Phi) is 8.23. The van der Waals surface area contributed by atoms with E-state index in [2.05, 4.69) is 35.6 Å². The van der Waals surface area contributed by atoms with Crippen LogP contribution in [0, 0.1) is 21.3 Å². The summed E-state index contributed by atoms with van der Waals surface area (Å²) in [6.07, 6.45) is 6.33. The number of aromatic hydroxyl groups is 1. The number of allylic oxidation sites excluding steroid dienone is 1. The molecule has 2 saturated heterocycles. The van der Waals surface area contributed by atoms with Crippen LogP contribution in [0.3, 0.4) is 0 Å². The van der Waals surface area contributed by atoms with Crippen LogP contribution in [0.2, 0.25) is 0 Å². The summed E-state index contributed by atoms with van der Waals surface area (Å²) in [5.41, 5.74) is 4.60. The molecule has 1 aromatic rings. The van der Waals surface area contributed by atoms with Gasteiger partial charge in [-0.15, -0.1) is 0 Å². The number of benzene rings is 1. The summed E-state index contributed by atoms with van der Waals surface area (Å²) in [4.78, 5) is 26.9. The smallest absolute Gasteiger partial charge is 0.233 e. The average Bonchev–Trinajstić information content (AvgIpc) is 3.35. The molecular weight excluding hydrogens is 561 g/mol. The van der Waals surface area contributed by atoms with Crippen LogP contribution in [-0.2, 0) is 19.1 Å². The molecule has 2 heterocycles. The number of halogens is 1. The number of imide groups is 1. The van der Waals surface area contributed by atoms with Gasteiger partial charge in [-0.2, -0.15) is 0 Å². The number of phenols is 1. The summed E-state index contributed by atoms with van der Waals surface area (Å²) in [7, 11) is 4.82. The summed E-state index contributed by atoms with van der Waals surface area (Å²) in [6, 6.07) is 3.81. The Balaban J connectivity index is 1.57. The van der Waals surface area contributed by atoms with Crippen LogP contribution < -0.4 is 4.74 Å². The maximum Gasteiger partial charge on any atom is 0.233 e. The highest BCUT2D eigenvalue weighted by atomic mass is 127. The quantitative estimate of drug-likeness (QED) is 0.256. The zero-order valence-electron chi connectivity index (χ0n) is 20.8. The highest BCUT2D eigenvalue weighted by molar-refractivity contribution is 14.1. The third kappa shape index (κ3) is 5.02. The van der Waals surface area contributed by atoms with Crippen molar-refractivity contribution in [2.45, 2.75) is 45.1 Å². The minimum atomic E-state index is -0.315. The van der Waals surface area contributed by atoms with Gasteiger partial charge in [0.2, 0.25) is 11.8 Å². The lowest BCUT2D eigenvalue weighted by molar-refractivity contribution is -0.138. The maximum atomic E-state index is 12.9. The molecule has 2 fully saturated rings. The predicted molar refractivity (Wildman–Crippen MR) is 141 cm³/mol. The molecule has 3 aliphatic rings. The van der Waals surface area contributed by atoms with Gasteiger partial charge in [0.25, 0.3) is 0 Å². The third-order valence-electron chi connectivity index (χ3n) is 7.49. The number of rotatable bonds is 9. The van der Waals surface area contributed by atoms with Crippen molar-refractivity contribution < 1.29 is 28.9 Å². The lowest BCUT2D eigenvalue weighted by Crippen LogP contribution is -2.34. The topological polar surface area (TPSA) is 85.3 Å². The van der Waals surface area contributed by atoms with Gasteiger partial charge in [-0.1, -0.05) is 25.0 Å². The Morgan fingerprint density at radius 3 is 2.69 bits per heavy atom. The number of methoxy groups -OCH3 is 2. The first kappa shape index (κ1) is 26.2. The second-order valence-corrected chi connectivity index (χ2v) is 10.8. The van der Waals surface area contributed by atoms with E-state index in [0.29, 0.717) is 25.4 Å². The van der Waals surface area contributed by atoms with Crippen LogP contribution in [-0.4, -0.2) is 62.4 Å². The molecule has 0 radical (unpaired) electrons. The van der Waals surface area contributed by atoms with Gasteiger partial charge < -0.3 is 19.3 Å². The van der Waals surface area contributed by atoms with Gasteiger partial charge in [0, 0.05) is 20.1 Å². The highest BCUT2D eigenvalue weighted by Crippen LogP contribution is 2.49. The van der Waals surface area contributed by atoms with Crippen LogP contribution in [0.15, 0.2) is 28.9 Å². The van der Waals surface area contributed by atoms with Crippen molar-refractivity contribution in [1.82, 2.24) is 4.90 Å². The minimum Gasteiger partial charge on any atom is -0.504 e. The molecule has 8 heteroatoms. The van der Waals surface area contributed by atoms with Gasteiger partial charge >= 0.3 is 0 Å². The highest BCUT2D eigenvalue weighted by Gasteiger charge is 2.55. The average molecular weight is 595 g/mol. The molecule has 2 amide bonds. The molecule has 35 heavy (non-hydrogen) atoms. The first-order valence-corrected chi connectivity index (χ1v) is 13.3. The lowest BCUT2D eigenvalue weighted by Gasteiger charge is -2.31. The number of hydrogen-bond acceptors (Lipinski definition) is 6. The van der Waals surface area contributed by atoms with Crippen molar-refractivity contribution in [1.29, 1.82) is 0 Å². The molecule has 1 N–H and O–H groups in total. The molecule has 1 aromatic carbocycles. The Labute approximate surface area is 220 Å². The fourth-order valence-corrected chi connectivity index (χ4v) is 6.54. The van der Waals surface area contributed by atoms with Gasteiger partial charge in [-0.05, 0) is 77.1 Å². The number of amides is 2. The van der Waals surface area contributed by atoms with Gasteiger partial charge in [0.15, 0.2) is 11.5 Å². The van der Waals surface area contributed by atoms with Crippen LogP contribution in [0.1, 0.15) is 44.6 Å². The first-order chi connectivity index (χ1) is 16.8. The van der Waals surface area contributed by atoms with Crippen molar-refractivity contribution in [2.75, 3.05) is 34.5 Å². The number of phenolic OH excluding ortho intramolecular Hbond substituents is 1. The Hall–Kier alpha value is -1.91. The van der Waals surface area contributed by atoms with Gasteiger partial charge in [-0.3, -0.25) is 14.5 Å². The predicted octanol–water partition coefficient (Wildman–Crippen LogP) is 4.56. The van der Waals surface area contributed by atoms with Crippen molar-refractivity contribution in [2.24, 2.45) is 17.8 Å². The van der Waals surface area contributed by atoms with Crippen molar-refractivity contribution in [3.05, 3.63) is 38.0 Å². The van der Waals surface area contributed by atoms with E-state index in [1.54, 1.807) is 21.3 Å². The van der Waals surface area contributed by atoms with Gasteiger partial charge in [0.1, 0.15) is 0 Å². The molecule has 7 nitrogen and oxygen atoms in total. The molecule has 1 aliphatic carbocycles. The molecular formula is C27H34INO6. The fourth-order valence-electron chi connectivity index (χ4n) is 5.91. The van der Waals surface area contributed by atoms with E-state index >= 15 is 0 Å². The van der Waals surface area contributed by atoms with Crippen molar-refractivity contribution in [3.63, 3.8) is 0 Å². The van der Waals surface area contributed by atoms with Gasteiger partial charge in [0.05, 0.1) is 41.8 Å². The number of likely N-dealkylation sites (tertiary alicyclic amines) is 1. The number of fused-ring (bicyclic) bond motifs is 3. The fraction of sp³-hybridized carbons (Fsp3) is 0.556. The minimum absolute atomic E-state index is 0.0492. The van der Waals surface area contributed by atoms with E-state index in [4.69, 9.17) is 14.2 Å². The molecule has 4 rings (SSSR count). The van der Waals surface area contributed by atoms with E-state index in [1.807, 2.05) is 12.1 Å². The van der Waals surface area contributed by atoms with E-state index in [-0.39, 0.29) is 41.4 Å². The second kappa shape index (κ2) is 11.0. The van der Waals surface area contributed by atoms with E-state index in [9.17, 15) is 14.7 Å². The molecule has 0 saturated carbocycles. The number of hydrogen-bond donors (Lipinski definition) is 1. The monoisotopic (exact) mass is 595 g/mol. The number of ether oxygens (including phenoxy) is 3. The molecule has 2 aliphatic heterocycles. The van der Waals surface area contributed by atoms with E-state index in [0.717, 1.165) is 40.4 Å². The molecule has 0 bridgehead atoms. The zero-order valence-corrected chi connectivity index (χ0v) is 23.0. The lowest BCUT2D eigenvalue weighted by atomic mass is 9.69. The van der Waals surface area contributed by atoms with Crippen LogP contribution >= 0.6 is 22.6 Å². The number of carbonyl (C=O) groups is 2. The van der Waals surface area contributed by atoms with E-state index in [1.165, 1.54) is 16.0 Å². The van der Waals surface area contributed by atoms with Gasteiger partial charge in [-0.25, -0.2) is 0 Å². The molecule has 4 atom stereocenters. The summed E-state index contributed by atoms with van der Waals surface area (Å²) in [5, 5.41) is 10.2. The summed E-state index contributed by atoms with van der Waals surface area (Å²) >= 11 is 2.11. The second-order valence-electron chi connectivity index (χ2n) is 9.64. The molecule has 0 unspecified atom stereocenters. The molecule has 0 spiro atoms. The number of carbonyl (C=O) groups excluding carboxylic acids is 2. The largest absolute Gasteiger partial charge is 0.504 e. The van der Waals surface area contributed by atoms with Crippen LogP contribution in [0.25, 0.3) is 6.08 Å². The van der Waals surface area contributed by atoms with Crippen LogP contribution in [0.5, 0.6) is 11.5 Å². The van der Waals surface area contributed by atoms with Crippen molar-refractivity contribution >= 4 is 40.5 Å². The SMILES string of the molecule is CCC/C(=C\c1cc(I)c(O)c(OC)c1)CC[C@H]1OC[C@H]2C1=C(COC)C[C@H]1C(=O)N(C)C(=O)[C@H]12. The molecule has 0 aromatic heterocycles. The normalized spacial score (nSPS) is 26.4. The molecule has 190 valence electrons. The summed E-state index contributed by atoms with van der Waals surface area (Å²) in [5.74, 6) is -0.193. The Bertz CT molecular complexity index is 1060. The Morgan fingerprint density at radius 1 is 1.23 bits per heavy atom. The maximum absolute atomic E-state index is 12.9. The Morgan fingerprint density at radius 2 is 2.00 bits per heavy atom. The third-order valence-corrected chi connectivity index (χ3v) is 8.31. The van der Waals surface area contributed by atoms with E-state index < -0.39 is 0 Å². The van der Waals surface area contributed by atoms with Crippen molar-refractivity contribution in [3.8, 4) is 11.5 Å². The standard InChI is InChI=1S/C27H34INO6/c1-5-6-15(9-16-10-20(28)25(30)22(11-16)34-4)7-8-21-23-17(13-33-3)12-18-24(19(23)14-35-21)27(32)29(2)26(18)31/h9-11,18-19,21,24,30H,5-8,12-14H2,1-4H3/b15-9+/t18-,19+,21-,24-/m1/s1.